The van der Waals surface area contributed by atoms with Crippen LogP contribution in [0.3, 0.4) is 0 Å². The molecule has 0 amide bonds. The number of nitrogen functional groups attached to an aromatic ring is 1. The van der Waals surface area contributed by atoms with Crippen LogP contribution in [0.1, 0.15) is 19.4 Å². The van der Waals surface area contributed by atoms with Crippen molar-refractivity contribution in [3.8, 4) is 0 Å². The summed E-state index contributed by atoms with van der Waals surface area (Å²) in [4.78, 5) is 0.298. The average Bonchev–Trinajstić information content (AvgIpc) is 2.28. The van der Waals surface area contributed by atoms with Crippen LogP contribution in [0.4, 0.5) is 5.69 Å². The molecule has 0 aliphatic rings. The minimum absolute atomic E-state index is 0.211. The Kier molecular flexibility index (Phi) is 5.34. The van der Waals surface area contributed by atoms with E-state index in [1.807, 2.05) is 13.8 Å². The Hall–Kier alpha value is -1.11. The van der Waals surface area contributed by atoms with Crippen LogP contribution in [0.25, 0.3) is 0 Å². The fourth-order valence-corrected chi connectivity index (χ4v) is 3.96. The number of rotatable bonds is 6. The molecule has 0 saturated heterocycles. The highest BCUT2D eigenvalue weighted by molar-refractivity contribution is 7.89. The van der Waals surface area contributed by atoms with Crippen molar-refractivity contribution in [2.24, 2.45) is 0 Å². The van der Waals surface area contributed by atoms with E-state index in [9.17, 15) is 8.42 Å². The Morgan fingerprint density at radius 1 is 1.42 bits per heavy atom. The largest absolute Gasteiger partial charge is 0.399 e. The van der Waals surface area contributed by atoms with E-state index in [1.165, 1.54) is 4.31 Å². The van der Waals surface area contributed by atoms with E-state index in [2.05, 4.69) is 0 Å². The van der Waals surface area contributed by atoms with Crippen molar-refractivity contribution in [3.63, 3.8) is 0 Å². The molecule has 1 rings (SSSR count). The van der Waals surface area contributed by atoms with Crippen molar-refractivity contribution in [1.29, 1.82) is 0 Å². The predicted molar refractivity (Wildman–Crippen MR) is 76.5 cm³/mol. The molecule has 0 heterocycles. The number of methoxy groups -OCH3 is 1. The van der Waals surface area contributed by atoms with Crippen molar-refractivity contribution in [2.75, 3.05) is 26.0 Å². The molecule has 1 aromatic rings. The predicted octanol–water partition coefficient (Wildman–Crippen LogP) is 1.62. The zero-order valence-electron chi connectivity index (χ0n) is 11.9. The highest BCUT2D eigenvalue weighted by Gasteiger charge is 2.28. The third-order valence-corrected chi connectivity index (χ3v) is 5.25. The fraction of sp³-hybridized carbons (Fsp3) is 0.538. The first-order valence-electron chi connectivity index (χ1n) is 6.21. The Labute approximate surface area is 115 Å². The van der Waals surface area contributed by atoms with Gasteiger partial charge in [-0.2, -0.15) is 4.31 Å². The van der Waals surface area contributed by atoms with Gasteiger partial charge in [-0.1, -0.05) is 6.92 Å². The summed E-state index contributed by atoms with van der Waals surface area (Å²) in [6, 6.07) is 4.62. The standard InChI is InChI=1S/C13H22N2O3S/c1-5-15(11(3)9-18-4)19(16,17)13-7-6-12(14)8-10(13)2/h6-8,11H,5,9,14H2,1-4H3. The number of nitrogens with two attached hydrogens (primary N) is 1. The molecule has 0 aromatic heterocycles. The van der Waals surface area contributed by atoms with Crippen molar-refractivity contribution < 1.29 is 13.2 Å². The fourth-order valence-electron chi connectivity index (χ4n) is 2.13. The molecule has 108 valence electrons. The Morgan fingerprint density at radius 2 is 2.05 bits per heavy atom. The molecule has 0 spiro atoms. The second-order valence-corrected chi connectivity index (χ2v) is 6.40. The van der Waals surface area contributed by atoms with Crippen molar-refractivity contribution in [3.05, 3.63) is 23.8 Å². The number of likely N-dealkylation sites (N-methyl/N-ethyl adjacent to an activating group) is 1. The Balaban J connectivity index is 3.20. The van der Waals surface area contributed by atoms with E-state index in [-0.39, 0.29) is 6.04 Å². The lowest BCUT2D eigenvalue weighted by Crippen LogP contribution is -2.41. The van der Waals surface area contributed by atoms with Gasteiger partial charge in [-0.3, -0.25) is 0 Å². The van der Waals surface area contributed by atoms with Gasteiger partial charge in [0.15, 0.2) is 0 Å². The summed E-state index contributed by atoms with van der Waals surface area (Å²) in [5, 5.41) is 0. The molecule has 0 bridgehead atoms. The molecule has 2 N–H and O–H groups in total. The van der Waals surface area contributed by atoms with E-state index in [0.717, 1.165) is 0 Å². The SMILES string of the molecule is CCN(C(C)COC)S(=O)(=O)c1ccc(N)cc1C. The van der Waals surface area contributed by atoms with Crippen LogP contribution in [-0.4, -0.2) is 39.0 Å². The zero-order valence-corrected chi connectivity index (χ0v) is 12.7. The van der Waals surface area contributed by atoms with Gasteiger partial charge in [0.1, 0.15) is 0 Å². The zero-order chi connectivity index (χ0) is 14.6. The first kappa shape index (κ1) is 15.9. The van der Waals surface area contributed by atoms with Crippen molar-refractivity contribution in [1.82, 2.24) is 4.31 Å². The molecule has 0 aliphatic heterocycles. The molecule has 1 aromatic carbocycles. The molecule has 6 heteroatoms. The quantitative estimate of drug-likeness (QED) is 0.807. The minimum Gasteiger partial charge on any atom is -0.399 e. The molecular formula is C13H22N2O3S. The average molecular weight is 286 g/mol. The van der Waals surface area contributed by atoms with Crippen molar-refractivity contribution in [2.45, 2.75) is 31.7 Å². The van der Waals surface area contributed by atoms with Crippen molar-refractivity contribution >= 4 is 15.7 Å². The van der Waals surface area contributed by atoms with Gasteiger partial charge >= 0.3 is 0 Å². The number of hydrogen-bond donors (Lipinski definition) is 1. The maximum absolute atomic E-state index is 12.6. The van der Waals surface area contributed by atoms with Crippen LogP contribution >= 0.6 is 0 Å². The van der Waals surface area contributed by atoms with Crippen LogP contribution in [0.5, 0.6) is 0 Å². The highest BCUT2D eigenvalue weighted by atomic mass is 32.2. The van der Waals surface area contributed by atoms with Crippen LogP contribution in [0.2, 0.25) is 0 Å². The molecule has 0 saturated carbocycles. The van der Waals surface area contributed by atoms with Crippen LogP contribution < -0.4 is 5.73 Å². The summed E-state index contributed by atoms with van der Waals surface area (Å²) in [7, 11) is -1.96. The van der Waals surface area contributed by atoms with Gasteiger partial charge in [0, 0.05) is 25.4 Å². The van der Waals surface area contributed by atoms with E-state index >= 15 is 0 Å². The topological polar surface area (TPSA) is 72.6 Å². The van der Waals surface area contributed by atoms with E-state index in [4.69, 9.17) is 10.5 Å². The normalized spacial score (nSPS) is 13.7. The van der Waals surface area contributed by atoms with Gasteiger partial charge in [0.25, 0.3) is 0 Å². The van der Waals surface area contributed by atoms with Gasteiger partial charge in [-0.25, -0.2) is 8.42 Å². The second-order valence-electron chi connectivity index (χ2n) is 4.54. The van der Waals surface area contributed by atoms with Gasteiger partial charge in [0.2, 0.25) is 10.0 Å². The van der Waals surface area contributed by atoms with E-state index in [0.29, 0.717) is 29.3 Å². The van der Waals surface area contributed by atoms with E-state index < -0.39 is 10.0 Å². The molecule has 5 nitrogen and oxygen atoms in total. The molecule has 1 atom stereocenters. The van der Waals surface area contributed by atoms with Crippen LogP contribution in [0, 0.1) is 6.92 Å². The summed E-state index contributed by atoms with van der Waals surface area (Å²) < 4.78 is 31.8. The minimum atomic E-state index is -3.52. The van der Waals surface area contributed by atoms with Crippen LogP contribution in [-0.2, 0) is 14.8 Å². The number of ether oxygens (including phenoxy) is 1. The third-order valence-electron chi connectivity index (χ3n) is 3.00. The smallest absolute Gasteiger partial charge is 0.243 e. The Morgan fingerprint density at radius 3 is 2.53 bits per heavy atom. The van der Waals surface area contributed by atoms with Gasteiger partial charge < -0.3 is 10.5 Å². The summed E-state index contributed by atoms with van der Waals surface area (Å²) in [6.07, 6.45) is 0. The van der Waals surface area contributed by atoms with Crippen LogP contribution in [0.15, 0.2) is 23.1 Å². The van der Waals surface area contributed by atoms with Gasteiger partial charge in [-0.15, -0.1) is 0 Å². The highest BCUT2D eigenvalue weighted by Crippen LogP contribution is 2.23. The molecule has 0 radical (unpaired) electrons. The number of nitrogens with zero attached hydrogens (tertiary/aromatic N) is 1. The first-order valence-corrected chi connectivity index (χ1v) is 7.65. The second kappa shape index (κ2) is 6.36. The lowest BCUT2D eigenvalue weighted by Gasteiger charge is -2.27. The third kappa shape index (κ3) is 3.46. The first-order chi connectivity index (χ1) is 8.84. The summed E-state index contributed by atoms with van der Waals surface area (Å²) in [5.74, 6) is 0. The van der Waals surface area contributed by atoms with Gasteiger partial charge in [-0.05, 0) is 37.6 Å². The number of hydrogen-bond acceptors (Lipinski definition) is 4. The molecule has 0 aliphatic carbocycles. The lowest BCUT2D eigenvalue weighted by molar-refractivity contribution is 0.142. The number of sulfonamides is 1. The monoisotopic (exact) mass is 286 g/mol. The van der Waals surface area contributed by atoms with Gasteiger partial charge in [0.05, 0.1) is 11.5 Å². The maximum Gasteiger partial charge on any atom is 0.243 e. The summed E-state index contributed by atoms with van der Waals surface area (Å²) in [5.41, 5.74) is 6.87. The Bertz CT molecular complexity index is 529. The molecule has 1 unspecified atom stereocenters. The molecule has 0 fully saturated rings. The summed E-state index contributed by atoms with van der Waals surface area (Å²) >= 11 is 0. The van der Waals surface area contributed by atoms with E-state index in [1.54, 1.807) is 32.2 Å². The molecule has 19 heavy (non-hydrogen) atoms. The molecular weight excluding hydrogens is 264 g/mol. The number of benzene rings is 1. The maximum atomic E-state index is 12.6. The number of aryl methyl sites for hydroxylation is 1. The summed E-state index contributed by atoms with van der Waals surface area (Å²) in [6.45, 7) is 6.16. The number of anilines is 1. The lowest BCUT2D eigenvalue weighted by atomic mass is 10.2.